The van der Waals surface area contributed by atoms with Crippen LogP contribution in [0, 0.1) is 0 Å². The van der Waals surface area contributed by atoms with Crippen LogP contribution in [0.5, 0.6) is 0 Å². The maximum absolute atomic E-state index is 15.3. The van der Waals surface area contributed by atoms with Gasteiger partial charge in [0, 0.05) is 123 Å². The number of amides is 2. The van der Waals surface area contributed by atoms with Gasteiger partial charge >= 0.3 is 101 Å². The maximum Gasteiger partial charge on any atom is 0.366 e. The minimum atomic E-state index is -3.37. The molecule has 0 bridgehead atoms. The van der Waals surface area contributed by atoms with Crippen LogP contribution >= 0.6 is 0 Å². The van der Waals surface area contributed by atoms with E-state index in [1.54, 1.807) is 24.3 Å². The summed E-state index contributed by atoms with van der Waals surface area (Å²) >= 11 is 0. The number of hydrogen-bond donors (Lipinski definition) is 2. The number of nitrogens with zero attached hydrogens (tertiary/aromatic N) is 3. The van der Waals surface area contributed by atoms with E-state index in [2.05, 4.69) is 27.6 Å². The van der Waals surface area contributed by atoms with Crippen molar-refractivity contribution in [2.75, 3.05) is 46.8 Å². The highest BCUT2D eigenvalue weighted by molar-refractivity contribution is 5.89. The van der Waals surface area contributed by atoms with Crippen LogP contribution in [0.2, 0.25) is 0 Å². The Bertz CT molecular complexity index is 4610. The third kappa shape index (κ3) is 39.1. The second-order valence-electron chi connectivity index (χ2n) is 34.0. The first kappa shape index (κ1) is 120. The molecular formula is C93H131N5O46. The van der Waals surface area contributed by atoms with Crippen molar-refractivity contribution in [3.8, 4) is 0 Å². The molecule has 5 aliphatic rings. The van der Waals surface area contributed by atoms with Crippen molar-refractivity contribution in [3.05, 3.63) is 58.5 Å². The molecule has 28 atom stereocenters. The molecular weight excluding hydrogens is 1920 g/mol. The highest BCUT2D eigenvalue weighted by Crippen LogP contribution is 2.45. The minimum absolute atomic E-state index is 0.0979. The molecule has 5 heterocycles. The van der Waals surface area contributed by atoms with E-state index in [1.165, 1.54) is 37.5 Å². The summed E-state index contributed by atoms with van der Waals surface area (Å²) in [7, 11) is 0.754. The third-order valence-corrected chi connectivity index (χ3v) is 22.0. The van der Waals surface area contributed by atoms with E-state index in [-0.39, 0.29) is 5.56 Å². The van der Waals surface area contributed by atoms with Gasteiger partial charge in [-0.2, -0.15) is 0 Å². The number of benzene rings is 1. The van der Waals surface area contributed by atoms with Crippen molar-refractivity contribution in [2.24, 2.45) is 5.11 Å². The molecule has 1 aromatic rings. The summed E-state index contributed by atoms with van der Waals surface area (Å²) in [4.78, 5) is 262. The number of hydrogen-bond acceptors (Lipinski definition) is 47. The summed E-state index contributed by atoms with van der Waals surface area (Å²) in [5.74, 6) is -25.4. The van der Waals surface area contributed by atoms with Crippen molar-refractivity contribution in [3.63, 3.8) is 0 Å². The number of carbonyl (C=O) groups is 19. The standard InChI is InChI=1S/C93H131N5O46/c1-20-21-22-23-24-25-26-27-28-29-30-31-35-38-65(135-87(116)63-36-33-32-34-37-63)64(97-98-94)40-124-89-84(132-60(16)113)81(131-59(15)112)77(70(137-89)44-122-51(7)104)141-90-85(133-61(17)114)82(76(128-56(12)109)69(138-90)43-121-50(6)103)142-88-73(96-47(3)100)79(130-58(14)111)74(68(136-88)42-120-49(5)102)140-91-86(134-62(18)115)83(78(129-57(13)110)71(139-91)45-123-52(8)105)144-93(92(117)118-19)39-66(125-53(9)106)72(95-46(2)99)80(143-93)75(127-55(11)108)67(126-54(10)107)41-119-48(4)101/h32-38,64-86,88-91H,20-31,39-45H2,1-19H3,(H,95,99)(H,96,100)/b38-35+/t64-,65+,66-,67+,68+,69+,70+,71+,72+,73+,74+,75+,76-,77+,78-,79+,80+,81-,82-,83-,84+,85+,86+,88-,89+,90-,91-,93-/m0/s1. The number of unbranched alkanes of at least 4 members (excludes halogenated alkanes) is 11. The van der Waals surface area contributed by atoms with Crippen molar-refractivity contribution < 1.29 is 219 Å². The van der Waals surface area contributed by atoms with Crippen LogP contribution in [0.3, 0.4) is 0 Å². The Balaban J connectivity index is 1.58. The zero-order valence-electron chi connectivity index (χ0n) is 83.7. The van der Waals surface area contributed by atoms with Crippen molar-refractivity contribution >= 4 is 113 Å². The molecule has 0 spiro atoms. The molecule has 5 fully saturated rings. The number of nitrogens with one attached hydrogen (secondary N) is 2. The quantitative estimate of drug-likeness (QED) is 0.0173. The van der Waals surface area contributed by atoms with Gasteiger partial charge < -0.3 is 139 Å². The van der Waals surface area contributed by atoms with Gasteiger partial charge in [0.15, 0.2) is 80.1 Å². The number of methoxy groups -OCH3 is 1. The van der Waals surface area contributed by atoms with Gasteiger partial charge in [-0.15, -0.1) is 0 Å². The molecule has 6 rings (SSSR count). The van der Waals surface area contributed by atoms with Crippen molar-refractivity contribution in [2.45, 2.75) is 379 Å². The van der Waals surface area contributed by atoms with Gasteiger partial charge in [0.25, 0.3) is 5.79 Å². The highest BCUT2D eigenvalue weighted by Gasteiger charge is 2.66. The van der Waals surface area contributed by atoms with E-state index in [0.29, 0.717) is 6.42 Å². The minimum Gasteiger partial charge on any atom is -0.465 e. The van der Waals surface area contributed by atoms with E-state index in [9.17, 15) is 91.8 Å². The molecule has 5 aliphatic heterocycles. The molecule has 1 aromatic carbocycles. The topological polar surface area (TPSA) is 646 Å². The van der Waals surface area contributed by atoms with Gasteiger partial charge in [-0.25, -0.2) is 9.59 Å². The summed E-state index contributed by atoms with van der Waals surface area (Å²) in [5.41, 5.74) is 10.3. The normalized spacial score (nSPS) is 27.8. The summed E-state index contributed by atoms with van der Waals surface area (Å²) in [6.45, 7) is 11.2. The Hall–Kier alpha value is -12.2. The second-order valence-corrected chi connectivity index (χ2v) is 34.0. The van der Waals surface area contributed by atoms with E-state index in [1.807, 2.05) is 0 Å². The molecule has 0 unspecified atom stereocenters. The highest BCUT2D eigenvalue weighted by atomic mass is 16.8. The number of ether oxygens (including phenoxy) is 27. The van der Waals surface area contributed by atoms with Crippen LogP contribution < -0.4 is 10.6 Å². The van der Waals surface area contributed by atoms with Crippen LogP contribution in [0.4, 0.5) is 0 Å². The number of azide groups is 1. The number of rotatable bonds is 53. The number of allylic oxidation sites excluding steroid dienone is 1. The SMILES string of the molecule is CCCCCCCCCCCCC/C=C/[C@@H](OC(=O)c1ccccc1)[C@H](CO[C@@H]1O[C@H](COC(C)=O)[C@@H](O[C@@H]2O[C@H](COC(C)=O)[C@H](OC(C)=O)[C@H](O[C@@H]3O[C@H](COC(C)=O)[C@@H](O[C@@H]4O[C@H](COC(C)=O)[C@H](OC(C)=O)[C@H](O[C@]5(C(=O)OC)C[C@H](OC(C)=O)[C@@H](NC(C)=O)[C@H]([C@H](OC(C)=O)[C@@H](COC(C)=O)OC(C)=O)O5)[C@H]4OC(C)=O)[C@H](OC(C)=O)[C@H]3NC(C)=O)[C@H]2OC(C)=O)[C@H](OC(C)=O)[C@H]1OC(C)=O)N=[N+]=[N-]. The van der Waals surface area contributed by atoms with Crippen molar-refractivity contribution in [1.29, 1.82) is 0 Å². The first-order valence-corrected chi connectivity index (χ1v) is 46.6. The molecule has 5 saturated heterocycles. The molecule has 51 nitrogen and oxygen atoms in total. The van der Waals surface area contributed by atoms with Crippen LogP contribution in [0.15, 0.2) is 47.6 Å². The lowest BCUT2D eigenvalue weighted by Gasteiger charge is -2.53. The van der Waals surface area contributed by atoms with Gasteiger partial charge in [0.2, 0.25) is 11.8 Å². The third-order valence-electron chi connectivity index (χ3n) is 22.0. The first-order valence-electron chi connectivity index (χ1n) is 46.6. The fraction of sp³-hybridized carbons (Fsp3) is 0.710. The molecule has 0 saturated carbocycles. The van der Waals surface area contributed by atoms with Gasteiger partial charge in [-0.3, -0.25) is 81.5 Å². The predicted octanol–water partition coefficient (Wildman–Crippen LogP) is 4.41. The average Bonchev–Trinajstić information content (AvgIpc) is 0.727. The van der Waals surface area contributed by atoms with E-state index < -0.39 is 331 Å². The fourth-order valence-electron chi connectivity index (χ4n) is 16.5. The zero-order valence-corrected chi connectivity index (χ0v) is 83.7. The smallest absolute Gasteiger partial charge is 0.366 e. The van der Waals surface area contributed by atoms with Gasteiger partial charge in [-0.05, 0) is 36.6 Å². The van der Waals surface area contributed by atoms with Crippen LogP contribution in [0.25, 0.3) is 10.4 Å². The Morgan fingerprint density at radius 1 is 0.417 bits per heavy atom. The van der Waals surface area contributed by atoms with E-state index in [4.69, 9.17) is 128 Å². The van der Waals surface area contributed by atoms with Crippen LogP contribution in [-0.4, -0.2) is 331 Å². The van der Waals surface area contributed by atoms with Gasteiger partial charge in [-0.1, -0.05) is 101 Å². The lowest BCUT2D eigenvalue weighted by Crippen LogP contribution is -2.73. The predicted molar refractivity (Wildman–Crippen MR) is 477 cm³/mol. The molecule has 0 aromatic heterocycles. The number of esters is 17. The first-order chi connectivity index (χ1) is 68.1. The zero-order chi connectivity index (χ0) is 107. The summed E-state index contributed by atoms with van der Waals surface area (Å²) in [6, 6.07) is 2.19. The summed E-state index contributed by atoms with van der Waals surface area (Å²) in [5, 5.41) is 8.95. The molecule has 0 aliphatic carbocycles. The Labute approximate surface area is 829 Å². The molecule has 2 N–H and O–H groups in total. The van der Waals surface area contributed by atoms with Crippen LogP contribution in [0.1, 0.15) is 218 Å². The number of carbonyl (C=O) groups excluding carboxylic acids is 19. The lowest BCUT2D eigenvalue weighted by atomic mass is 9.87. The average molecular weight is 2060 g/mol. The largest absolute Gasteiger partial charge is 0.465 e. The van der Waals surface area contributed by atoms with Gasteiger partial charge in [0.05, 0.1) is 31.7 Å². The molecule has 804 valence electrons. The van der Waals surface area contributed by atoms with E-state index >= 15 is 4.79 Å². The Morgan fingerprint density at radius 2 is 0.812 bits per heavy atom. The summed E-state index contributed by atoms with van der Waals surface area (Å²) < 4.78 is 164. The maximum atomic E-state index is 15.3. The molecule has 0 radical (unpaired) electrons. The Morgan fingerprint density at radius 3 is 1.26 bits per heavy atom. The lowest BCUT2D eigenvalue weighted by molar-refractivity contribution is -0.391. The molecule has 51 heteroatoms. The second kappa shape index (κ2) is 59.9. The Kier molecular flexibility index (Phi) is 50.1. The van der Waals surface area contributed by atoms with Crippen molar-refractivity contribution in [1.82, 2.24) is 10.6 Å². The molecule has 2 amide bonds. The van der Waals surface area contributed by atoms with Gasteiger partial charge in [0.1, 0.15) is 112 Å². The fourth-order valence-corrected chi connectivity index (χ4v) is 16.5. The van der Waals surface area contributed by atoms with E-state index in [0.717, 1.165) is 176 Å². The summed E-state index contributed by atoms with van der Waals surface area (Å²) in [6.07, 6.45) is -38.2. The molecule has 144 heavy (non-hydrogen) atoms. The van der Waals surface area contributed by atoms with Crippen LogP contribution in [-0.2, 0) is 214 Å². The monoisotopic (exact) mass is 2050 g/mol.